The average molecular weight is 531 g/mol. The summed E-state index contributed by atoms with van der Waals surface area (Å²) in [5.41, 5.74) is 9.66. The number of nitro benzene ring substituents is 1. The topological polar surface area (TPSA) is 98.8 Å². The Kier molecular flexibility index (Phi) is 7.78. The fourth-order valence-corrected chi connectivity index (χ4v) is 4.40. The molecule has 0 unspecified atom stereocenters. The predicted molar refractivity (Wildman–Crippen MR) is 157 cm³/mol. The van der Waals surface area contributed by atoms with Gasteiger partial charge in [-0.15, -0.1) is 0 Å². The molecule has 0 aliphatic heterocycles. The highest BCUT2D eigenvalue weighted by Gasteiger charge is 2.19. The highest BCUT2D eigenvalue weighted by Crippen LogP contribution is 2.35. The van der Waals surface area contributed by atoms with Crippen LogP contribution in [0.15, 0.2) is 120 Å². The van der Waals surface area contributed by atoms with Crippen molar-refractivity contribution in [2.24, 2.45) is 5.10 Å². The number of hydrogen-bond donors (Lipinski definition) is 1. The molecule has 198 valence electrons. The van der Waals surface area contributed by atoms with Gasteiger partial charge >= 0.3 is 5.97 Å². The Bertz CT molecular complexity index is 1640. The number of carbonyl (C=O) groups is 1. The zero-order valence-electron chi connectivity index (χ0n) is 21.7. The summed E-state index contributed by atoms with van der Waals surface area (Å²) in [6.07, 6.45) is 1.74. The Hall–Kier alpha value is -5.50. The van der Waals surface area contributed by atoms with Gasteiger partial charge in [-0.05, 0) is 60.5 Å². The molecule has 40 heavy (non-hydrogen) atoms. The van der Waals surface area contributed by atoms with Crippen LogP contribution in [0.4, 0.5) is 11.4 Å². The second-order valence-electron chi connectivity index (χ2n) is 8.84. The molecule has 4 aromatic carbocycles. The van der Waals surface area contributed by atoms with E-state index < -0.39 is 4.92 Å². The van der Waals surface area contributed by atoms with Crippen LogP contribution in [0.3, 0.4) is 0 Å². The molecule has 1 aromatic heterocycles. The van der Waals surface area contributed by atoms with Crippen molar-refractivity contribution in [2.45, 2.75) is 6.92 Å². The second-order valence-corrected chi connectivity index (χ2v) is 8.84. The number of aromatic nitrogens is 1. The van der Waals surface area contributed by atoms with E-state index in [1.807, 2.05) is 72.8 Å². The van der Waals surface area contributed by atoms with Gasteiger partial charge in [0.05, 0.1) is 40.4 Å². The van der Waals surface area contributed by atoms with E-state index in [-0.39, 0.29) is 11.7 Å². The largest absolute Gasteiger partial charge is 0.462 e. The SMILES string of the molecule is CCOC(=O)c1ccc(-n2c(-c3ccccc3)cc(/C=N\Nc3ccc([N+](=O)[O-])cc3)c2-c2ccccc2)cc1. The van der Waals surface area contributed by atoms with E-state index in [2.05, 4.69) is 21.2 Å². The number of benzene rings is 4. The number of esters is 1. The van der Waals surface area contributed by atoms with Crippen molar-refractivity contribution in [1.29, 1.82) is 0 Å². The molecular formula is C32H26N4O4. The van der Waals surface area contributed by atoms with Gasteiger partial charge in [-0.1, -0.05) is 60.7 Å². The summed E-state index contributed by atoms with van der Waals surface area (Å²) in [5, 5.41) is 15.4. The van der Waals surface area contributed by atoms with E-state index in [0.717, 1.165) is 33.8 Å². The summed E-state index contributed by atoms with van der Waals surface area (Å²) in [6, 6.07) is 35.5. The summed E-state index contributed by atoms with van der Waals surface area (Å²) in [4.78, 5) is 22.8. The standard InChI is InChI=1S/C32H26N4O4/c1-2-40-32(37)25-13-17-28(18-14-25)35-30(23-9-5-3-6-10-23)21-26(31(35)24-11-7-4-8-12-24)22-33-34-27-15-19-29(20-16-27)36(38)39/h3-22,34H,2H2,1H3/b33-22-. The Labute approximate surface area is 231 Å². The Morgan fingerprint density at radius 1 is 0.900 bits per heavy atom. The van der Waals surface area contributed by atoms with Crippen molar-refractivity contribution in [3.63, 3.8) is 0 Å². The molecule has 0 atom stereocenters. The Morgan fingerprint density at radius 3 is 2.12 bits per heavy atom. The van der Waals surface area contributed by atoms with Gasteiger partial charge in [-0.25, -0.2) is 4.79 Å². The van der Waals surface area contributed by atoms with Crippen molar-refractivity contribution in [1.82, 2.24) is 4.57 Å². The molecule has 5 aromatic rings. The monoisotopic (exact) mass is 530 g/mol. The number of non-ortho nitro benzene ring substituents is 1. The highest BCUT2D eigenvalue weighted by molar-refractivity contribution is 5.94. The molecule has 0 fully saturated rings. The summed E-state index contributed by atoms with van der Waals surface area (Å²) in [6.45, 7) is 2.09. The Morgan fingerprint density at radius 2 is 1.52 bits per heavy atom. The quantitative estimate of drug-likeness (QED) is 0.0930. The summed E-state index contributed by atoms with van der Waals surface area (Å²) in [7, 11) is 0. The lowest BCUT2D eigenvalue weighted by atomic mass is 10.1. The summed E-state index contributed by atoms with van der Waals surface area (Å²) >= 11 is 0. The number of carbonyl (C=O) groups excluding carboxylic acids is 1. The van der Waals surface area contributed by atoms with Crippen LogP contribution in [0.25, 0.3) is 28.2 Å². The van der Waals surface area contributed by atoms with Crippen LogP contribution in [0, 0.1) is 10.1 Å². The van der Waals surface area contributed by atoms with Crippen LogP contribution >= 0.6 is 0 Å². The van der Waals surface area contributed by atoms with Gasteiger partial charge in [0.2, 0.25) is 0 Å². The molecule has 0 saturated heterocycles. The maximum atomic E-state index is 12.3. The van der Waals surface area contributed by atoms with Crippen LogP contribution in [0.2, 0.25) is 0 Å². The number of nitro groups is 1. The smallest absolute Gasteiger partial charge is 0.338 e. The predicted octanol–water partition coefficient (Wildman–Crippen LogP) is 7.34. The lowest BCUT2D eigenvalue weighted by Gasteiger charge is -2.15. The van der Waals surface area contributed by atoms with Crippen LogP contribution in [-0.4, -0.2) is 28.3 Å². The molecule has 8 heteroatoms. The molecule has 0 amide bonds. The van der Waals surface area contributed by atoms with E-state index >= 15 is 0 Å². The van der Waals surface area contributed by atoms with Crippen LogP contribution in [0.5, 0.6) is 0 Å². The first kappa shape index (κ1) is 26.1. The molecule has 0 radical (unpaired) electrons. The fourth-order valence-electron chi connectivity index (χ4n) is 4.40. The minimum atomic E-state index is -0.438. The first-order valence-electron chi connectivity index (χ1n) is 12.7. The first-order chi connectivity index (χ1) is 19.5. The van der Waals surface area contributed by atoms with Gasteiger partial charge in [0.1, 0.15) is 0 Å². The number of ether oxygens (including phenoxy) is 1. The van der Waals surface area contributed by atoms with Crippen molar-refractivity contribution >= 4 is 23.6 Å². The maximum Gasteiger partial charge on any atom is 0.338 e. The molecular weight excluding hydrogens is 504 g/mol. The first-order valence-corrected chi connectivity index (χ1v) is 12.7. The highest BCUT2D eigenvalue weighted by atomic mass is 16.6. The molecule has 0 saturated carbocycles. The lowest BCUT2D eigenvalue weighted by Crippen LogP contribution is -2.05. The van der Waals surface area contributed by atoms with Gasteiger partial charge in [0.25, 0.3) is 5.69 Å². The van der Waals surface area contributed by atoms with Gasteiger partial charge < -0.3 is 9.30 Å². The minimum Gasteiger partial charge on any atom is -0.462 e. The third-order valence-electron chi connectivity index (χ3n) is 6.26. The molecule has 0 spiro atoms. The average Bonchev–Trinajstić information content (AvgIpc) is 3.38. The molecule has 0 bridgehead atoms. The lowest BCUT2D eigenvalue weighted by molar-refractivity contribution is -0.384. The van der Waals surface area contributed by atoms with Crippen molar-refractivity contribution in [2.75, 3.05) is 12.0 Å². The maximum absolute atomic E-state index is 12.3. The minimum absolute atomic E-state index is 0.0134. The number of nitrogens with zero attached hydrogens (tertiary/aromatic N) is 3. The third-order valence-corrected chi connectivity index (χ3v) is 6.26. The molecule has 0 aliphatic carbocycles. The van der Waals surface area contributed by atoms with Crippen molar-refractivity contribution in [3.05, 3.63) is 137 Å². The van der Waals surface area contributed by atoms with E-state index in [9.17, 15) is 14.9 Å². The Balaban J connectivity index is 1.61. The number of rotatable bonds is 9. The van der Waals surface area contributed by atoms with Crippen LogP contribution < -0.4 is 5.43 Å². The van der Waals surface area contributed by atoms with E-state index in [1.165, 1.54) is 12.1 Å². The zero-order valence-corrected chi connectivity index (χ0v) is 21.7. The molecule has 1 N–H and O–H groups in total. The van der Waals surface area contributed by atoms with Gasteiger partial charge in [-0.3, -0.25) is 15.5 Å². The molecule has 5 rings (SSSR count). The molecule has 0 aliphatic rings. The van der Waals surface area contributed by atoms with E-state index in [0.29, 0.717) is 17.9 Å². The van der Waals surface area contributed by atoms with E-state index in [1.54, 1.807) is 37.4 Å². The number of hydrogen-bond acceptors (Lipinski definition) is 6. The van der Waals surface area contributed by atoms with Crippen molar-refractivity contribution in [3.8, 4) is 28.2 Å². The molecule has 8 nitrogen and oxygen atoms in total. The summed E-state index contributed by atoms with van der Waals surface area (Å²) in [5.74, 6) is -0.363. The number of hydrazone groups is 1. The van der Waals surface area contributed by atoms with Crippen LogP contribution in [-0.2, 0) is 4.74 Å². The van der Waals surface area contributed by atoms with E-state index in [4.69, 9.17) is 4.74 Å². The van der Waals surface area contributed by atoms with Gasteiger partial charge in [0, 0.05) is 23.4 Å². The summed E-state index contributed by atoms with van der Waals surface area (Å²) < 4.78 is 7.30. The zero-order chi connectivity index (χ0) is 27.9. The van der Waals surface area contributed by atoms with Gasteiger partial charge in [0.15, 0.2) is 0 Å². The normalized spacial score (nSPS) is 10.9. The third kappa shape index (κ3) is 5.66. The second kappa shape index (κ2) is 11.9. The fraction of sp³-hybridized carbons (Fsp3) is 0.0625. The number of nitrogens with one attached hydrogen (secondary N) is 1. The van der Waals surface area contributed by atoms with Crippen molar-refractivity contribution < 1.29 is 14.5 Å². The number of anilines is 1. The van der Waals surface area contributed by atoms with Crippen LogP contribution in [0.1, 0.15) is 22.8 Å². The molecule has 1 heterocycles. The van der Waals surface area contributed by atoms with Gasteiger partial charge in [-0.2, -0.15) is 5.10 Å².